The van der Waals surface area contributed by atoms with Crippen LogP contribution < -0.4 is 10.9 Å². The van der Waals surface area contributed by atoms with Crippen molar-refractivity contribution in [1.29, 1.82) is 0 Å². The number of benzene rings is 2. The molecule has 1 saturated heterocycles. The molecular weight excluding hydrogens is 395 g/mol. The Morgan fingerprint density at radius 2 is 1.90 bits per heavy atom. The van der Waals surface area contributed by atoms with Gasteiger partial charge in [0.1, 0.15) is 5.82 Å². The van der Waals surface area contributed by atoms with Crippen LogP contribution in [0.4, 0.5) is 4.39 Å². The number of aromatic amines is 1. The summed E-state index contributed by atoms with van der Waals surface area (Å²) in [6, 6.07) is 12.5. The molecule has 0 unspecified atom stereocenters. The fourth-order valence-electron chi connectivity index (χ4n) is 4.12. The summed E-state index contributed by atoms with van der Waals surface area (Å²) in [6.45, 7) is 5.46. The number of halogens is 1. The quantitative estimate of drug-likeness (QED) is 0.613. The maximum absolute atomic E-state index is 14.5. The van der Waals surface area contributed by atoms with E-state index < -0.39 is 5.82 Å². The first kappa shape index (κ1) is 21.2. The molecule has 1 aliphatic rings. The Kier molecular flexibility index (Phi) is 6.13. The van der Waals surface area contributed by atoms with Crippen LogP contribution in [0.1, 0.15) is 48.3 Å². The van der Waals surface area contributed by atoms with Gasteiger partial charge in [0.25, 0.3) is 11.5 Å². The van der Waals surface area contributed by atoms with Gasteiger partial charge in [0, 0.05) is 37.0 Å². The molecule has 0 aliphatic carbocycles. The second-order valence-electron chi connectivity index (χ2n) is 8.12. The molecule has 31 heavy (non-hydrogen) atoms. The molecule has 162 valence electrons. The summed E-state index contributed by atoms with van der Waals surface area (Å²) < 4.78 is 14.5. The van der Waals surface area contributed by atoms with E-state index in [2.05, 4.69) is 29.4 Å². The summed E-state index contributed by atoms with van der Waals surface area (Å²) in [5.74, 6) is -0.814. The van der Waals surface area contributed by atoms with Crippen LogP contribution in [0.15, 0.2) is 47.3 Å². The van der Waals surface area contributed by atoms with Crippen molar-refractivity contribution in [2.45, 2.75) is 45.2 Å². The Bertz CT molecular complexity index is 1150. The summed E-state index contributed by atoms with van der Waals surface area (Å²) in [6.07, 6.45) is 2.48. The summed E-state index contributed by atoms with van der Waals surface area (Å²) in [5, 5.41) is 11.6. The van der Waals surface area contributed by atoms with E-state index in [1.165, 1.54) is 6.07 Å². The molecule has 0 spiro atoms. The fourth-order valence-corrected chi connectivity index (χ4v) is 4.12. The molecule has 0 radical (unpaired) electrons. The molecule has 3 aromatic rings. The third-order valence-corrected chi connectivity index (χ3v) is 6.03. The van der Waals surface area contributed by atoms with Gasteiger partial charge in [-0.15, -0.1) is 0 Å². The maximum atomic E-state index is 14.5. The highest BCUT2D eigenvalue weighted by Crippen LogP contribution is 2.21. The molecular formula is C24H27FN4O2. The number of nitrogens with one attached hydrogen (secondary N) is 2. The maximum Gasteiger partial charge on any atom is 0.272 e. The summed E-state index contributed by atoms with van der Waals surface area (Å²) in [5.41, 5.74) is 1.27. The minimum atomic E-state index is -0.524. The number of nitrogens with zero attached hydrogens (tertiary/aromatic N) is 2. The Morgan fingerprint density at radius 3 is 2.61 bits per heavy atom. The molecule has 1 aliphatic heterocycles. The predicted octanol–water partition coefficient (Wildman–Crippen LogP) is 3.26. The van der Waals surface area contributed by atoms with Crippen LogP contribution in [0.25, 0.3) is 10.8 Å². The second-order valence-corrected chi connectivity index (χ2v) is 8.12. The summed E-state index contributed by atoms with van der Waals surface area (Å²) >= 11 is 0. The predicted molar refractivity (Wildman–Crippen MR) is 119 cm³/mol. The lowest BCUT2D eigenvalue weighted by molar-refractivity contribution is 0.0545. The second kappa shape index (κ2) is 8.98. The van der Waals surface area contributed by atoms with Gasteiger partial charge in [0.2, 0.25) is 0 Å². The van der Waals surface area contributed by atoms with E-state index in [1.807, 2.05) is 12.1 Å². The summed E-state index contributed by atoms with van der Waals surface area (Å²) in [7, 11) is 0. The van der Waals surface area contributed by atoms with Gasteiger partial charge in [-0.3, -0.25) is 9.59 Å². The minimum Gasteiger partial charge on any atom is -0.335 e. The highest BCUT2D eigenvalue weighted by molar-refractivity contribution is 5.95. The molecule has 1 amide bonds. The number of amides is 1. The standard InChI is InChI=1S/C24H27FN4O2/c1-3-16(4-2)26-17-13-29(14-17)24(31)20-11-15(9-10-21(20)25)12-22-18-7-5-6-8-19(18)23(30)28-27-22/h5-11,16-17,26H,3-4,12-14H2,1-2H3,(H,28,30). The largest absolute Gasteiger partial charge is 0.335 e. The van der Waals surface area contributed by atoms with Crippen molar-refractivity contribution >= 4 is 16.7 Å². The molecule has 4 rings (SSSR count). The number of hydrogen-bond acceptors (Lipinski definition) is 4. The number of rotatable bonds is 7. The van der Waals surface area contributed by atoms with E-state index >= 15 is 0 Å². The van der Waals surface area contributed by atoms with Crippen LogP contribution in [0.2, 0.25) is 0 Å². The average molecular weight is 423 g/mol. The van der Waals surface area contributed by atoms with Gasteiger partial charge in [-0.1, -0.05) is 38.1 Å². The monoisotopic (exact) mass is 422 g/mol. The van der Waals surface area contributed by atoms with Crippen LogP contribution in [0, 0.1) is 5.82 Å². The molecule has 2 heterocycles. The third-order valence-electron chi connectivity index (χ3n) is 6.03. The lowest BCUT2D eigenvalue weighted by atomic mass is 10.00. The van der Waals surface area contributed by atoms with Crippen molar-refractivity contribution < 1.29 is 9.18 Å². The van der Waals surface area contributed by atoms with Crippen LogP contribution in [0.3, 0.4) is 0 Å². The van der Waals surface area contributed by atoms with E-state index in [0.29, 0.717) is 36.6 Å². The number of hydrogen-bond donors (Lipinski definition) is 2. The molecule has 0 bridgehead atoms. The molecule has 2 aromatic carbocycles. The third kappa shape index (κ3) is 4.37. The zero-order valence-electron chi connectivity index (χ0n) is 17.8. The summed E-state index contributed by atoms with van der Waals surface area (Å²) in [4.78, 5) is 26.5. The highest BCUT2D eigenvalue weighted by Gasteiger charge is 2.33. The van der Waals surface area contributed by atoms with Crippen molar-refractivity contribution in [3.05, 3.63) is 75.5 Å². The number of aromatic nitrogens is 2. The average Bonchev–Trinajstić information content (AvgIpc) is 2.76. The van der Waals surface area contributed by atoms with Gasteiger partial charge in [-0.25, -0.2) is 9.49 Å². The lowest BCUT2D eigenvalue weighted by Crippen LogP contribution is -2.61. The van der Waals surface area contributed by atoms with Gasteiger partial charge < -0.3 is 10.2 Å². The van der Waals surface area contributed by atoms with Crippen molar-refractivity contribution in [1.82, 2.24) is 20.4 Å². The van der Waals surface area contributed by atoms with Gasteiger partial charge in [0.15, 0.2) is 0 Å². The topological polar surface area (TPSA) is 78.1 Å². The van der Waals surface area contributed by atoms with Crippen LogP contribution >= 0.6 is 0 Å². The van der Waals surface area contributed by atoms with E-state index in [0.717, 1.165) is 23.8 Å². The minimum absolute atomic E-state index is 0.0761. The van der Waals surface area contributed by atoms with Crippen LogP contribution in [0.5, 0.6) is 0 Å². The number of H-pyrrole nitrogens is 1. The van der Waals surface area contributed by atoms with Gasteiger partial charge in [-0.2, -0.15) is 5.10 Å². The Labute approximate surface area is 180 Å². The van der Waals surface area contributed by atoms with Crippen molar-refractivity contribution in [3.63, 3.8) is 0 Å². The molecule has 7 heteroatoms. The molecule has 0 atom stereocenters. The SMILES string of the molecule is CCC(CC)NC1CN(C(=O)c2cc(Cc3n[nH]c(=O)c4ccccc34)ccc2F)C1. The molecule has 1 aromatic heterocycles. The van der Waals surface area contributed by atoms with E-state index in [9.17, 15) is 14.0 Å². The Balaban J connectivity index is 1.50. The Morgan fingerprint density at radius 1 is 1.19 bits per heavy atom. The van der Waals surface area contributed by atoms with Crippen molar-refractivity contribution in [2.24, 2.45) is 0 Å². The molecule has 2 N–H and O–H groups in total. The van der Waals surface area contributed by atoms with Crippen molar-refractivity contribution in [3.8, 4) is 0 Å². The van der Waals surface area contributed by atoms with Crippen LogP contribution in [-0.2, 0) is 6.42 Å². The van der Waals surface area contributed by atoms with Crippen molar-refractivity contribution in [2.75, 3.05) is 13.1 Å². The first-order chi connectivity index (χ1) is 15.0. The van der Waals surface area contributed by atoms with Gasteiger partial charge in [0.05, 0.1) is 16.6 Å². The van der Waals surface area contributed by atoms with Gasteiger partial charge >= 0.3 is 0 Å². The zero-order valence-corrected chi connectivity index (χ0v) is 17.8. The molecule has 6 nitrogen and oxygen atoms in total. The van der Waals surface area contributed by atoms with E-state index in [1.54, 1.807) is 29.2 Å². The number of carbonyl (C=O) groups excluding carboxylic acids is 1. The number of fused-ring (bicyclic) bond motifs is 1. The normalized spacial score (nSPS) is 14.3. The smallest absolute Gasteiger partial charge is 0.272 e. The lowest BCUT2D eigenvalue weighted by Gasteiger charge is -2.41. The molecule has 1 fully saturated rings. The number of likely N-dealkylation sites (tertiary alicyclic amines) is 1. The first-order valence-corrected chi connectivity index (χ1v) is 10.8. The highest BCUT2D eigenvalue weighted by atomic mass is 19.1. The number of carbonyl (C=O) groups is 1. The van der Waals surface area contributed by atoms with Gasteiger partial charge in [-0.05, 0) is 36.6 Å². The zero-order chi connectivity index (χ0) is 22.0. The first-order valence-electron chi connectivity index (χ1n) is 10.8. The Hall–Kier alpha value is -3.06. The fraction of sp³-hybridized carbons (Fsp3) is 0.375. The van der Waals surface area contributed by atoms with Crippen LogP contribution in [-0.4, -0.2) is 46.2 Å². The van der Waals surface area contributed by atoms with E-state index in [-0.39, 0.29) is 23.1 Å². The van der Waals surface area contributed by atoms with E-state index in [4.69, 9.17) is 0 Å². The molecule has 0 saturated carbocycles.